The molecule has 1 aliphatic rings. The van der Waals surface area contributed by atoms with E-state index in [0.29, 0.717) is 0 Å². The highest BCUT2D eigenvalue weighted by Gasteiger charge is 2.26. The van der Waals surface area contributed by atoms with Gasteiger partial charge in [0.1, 0.15) is 9.53 Å². The van der Waals surface area contributed by atoms with Gasteiger partial charge in [0, 0.05) is 17.8 Å². The van der Waals surface area contributed by atoms with Crippen molar-refractivity contribution in [2.24, 2.45) is 0 Å². The first-order chi connectivity index (χ1) is 6.93. The summed E-state index contributed by atoms with van der Waals surface area (Å²) in [6.45, 7) is 1.01. The molecule has 0 amide bonds. The number of aromatic nitrogens is 2. The second-order valence-electron chi connectivity index (χ2n) is 3.60. The molecule has 1 aliphatic heterocycles. The van der Waals surface area contributed by atoms with Gasteiger partial charge in [0.15, 0.2) is 12.7 Å². The van der Waals surface area contributed by atoms with E-state index >= 15 is 0 Å². The molecule has 3 aromatic rings. The summed E-state index contributed by atoms with van der Waals surface area (Å²) in [6, 6.07) is 6.41. The molecule has 0 N–H and O–H groups in total. The first kappa shape index (κ1) is 6.90. The molecular weight excluding hydrogens is 192 g/mol. The van der Waals surface area contributed by atoms with Crippen molar-refractivity contribution in [1.29, 1.82) is 0 Å². The second kappa shape index (κ2) is 2.12. The van der Waals surface area contributed by atoms with Gasteiger partial charge in [-0.25, -0.2) is 4.98 Å². The predicted molar refractivity (Wildman–Crippen MR) is 56.4 cm³/mol. The van der Waals surface area contributed by atoms with Crippen LogP contribution in [0.3, 0.4) is 0 Å². The SMILES string of the molecule is c1cc2sc3nccc4c3c2[n+](c1)C4. The maximum absolute atomic E-state index is 4.42. The van der Waals surface area contributed by atoms with E-state index in [4.69, 9.17) is 0 Å². The molecule has 0 spiro atoms. The molecule has 4 rings (SSSR count). The Morgan fingerprint density at radius 1 is 1.36 bits per heavy atom. The highest BCUT2D eigenvalue weighted by molar-refractivity contribution is 7.25. The van der Waals surface area contributed by atoms with Crippen molar-refractivity contribution in [2.45, 2.75) is 6.54 Å². The van der Waals surface area contributed by atoms with Crippen molar-refractivity contribution >= 4 is 31.8 Å². The molecule has 0 aromatic carbocycles. The summed E-state index contributed by atoms with van der Waals surface area (Å²) in [4.78, 5) is 5.59. The molecule has 2 nitrogen and oxygen atoms in total. The fourth-order valence-electron chi connectivity index (χ4n) is 2.24. The topological polar surface area (TPSA) is 16.8 Å². The van der Waals surface area contributed by atoms with Crippen LogP contribution >= 0.6 is 11.3 Å². The van der Waals surface area contributed by atoms with E-state index in [2.05, 4.69) is 33.9 Å². The van der Waals surface area contributed by atoms with Crippen molar-refractivity contribution in [3.8, 4) is 0 Å². The molecule has 3 heteroatoms. The van der Waals surface area contributed by atoms with Crippen LogP contribution in [0.4, 0.5) is 0 Å². The number of nitrogens with zero attached hydrogens (tertiary/aromatic N) is 2. The lowest BCUT2D eigenvalue weighted by atomic mass is 10.2. The number of thiophene rings is 1. The quantitative estimate of drug-likeness (QED) is 0.396. The molecule has 0 atom stereocenters. The molecule has 0 saturated carbocycles. The van der Waals surface area contributed by atoms with Crippen LogP contribution in [0.15, 0.2) is 30.6 Å². The summed E-state index contributed by atoms with van der Waals surface area (Å²) < 4.78 is 3.66. The van der Waals surface area contributed by atoms with Crippen molar-refractivity contribution in [2.75, 3.05) is 0 Å². The Balaban J connectivity index is 2.46. The van der Waals surface area contributed by atoms with Crippen molar-refractivity contribution in [1.82, 2.24) is 4.98 Å². The Morgan fingerprint density at radius 2 is 2.36 bits per heavy atom. The lowest BCUT2D eigenvalue weighted by Gasteiger charge is -1.91. The van der Waals surface area contributed by atoms with Crippen molar-refractivity contribution < 1.29 is 4.57 Å². The zero-order valence-electron chi connectivity index (χ0n) is 7.40. The van der Waals surface area contributed by atoms with Crippen molar-refractivity contribution in [3.63, 3.8) is 0 Å². The van der Waals surface area contributed by atoms with E-state index < -0.39 is 0 Å². The van der Waals surface area contributed by atoms with E-state index in [1.807, 2.05) is 6.20 Å². The Kier molecular flexibility index (Phi) is 1.04. The Morgan fingerprint density at radius 3 is 3.36 bits per heavy atom. The minimum absolute atomic E-state index is 1.01. The first-order valence-corrected chi connectivity index (χ1v) is 5.44. The van der Waals surface area contributed by atoms with E-state index in [1.54, 1.807) is 11.3 Å². The van der Waals surface area contributed by atoms with Crippen LogP contribution in [0.2, 0.25) is 0 Å². The minimum atomic E-state index is 1.01. The molecular formula is C11H7N2S+. The van der Waals surface area contributed by atoms with Crippen LogP contribution in [0.1, 0.15) is 5.56 Å². The van der Waals surface area contributed by atoms with Crippen molar-refractivity contribution in [3.05, 3.63) is 36.2 Å². The molecule has 0 unspecified atom stereocenters. The number of rotatable bonds is 0. The molecule has 14 heavy (non-hydrogen) atoms. The fourth-order valence-corrected chi connectivity index (χ4v) is 3.35. The van der Waals surface area contributed by atoms with Gasteiger partial charge in [-0.2, -0.15) is 4.57 Å². The smallest absolute Gasteiger partial charge is 0.233 e. The third kappa shape index (κ3) is 0.643. The van der Waals surface area contributed by atoms with Gasteiger partial charge in [0.2, 0.25) is 5.52 Å². The number of pyridine rings is 2. The van der Waals surface area contributed by atoms with Gasteiger partial charge in [-0.3, -0.25) is 0 Å². The van der Waals surface area contributed by atoms with Crippen LogP contribution in [0.25, 0.3) is 20.4 Å². The molecule has 0 saturated heterocycles. The average molecular weight is 199 g/mol. The number of hydrogen-bond acceptors (Lipinski definition) is 2. The third-order valence-electron chi connectivity index (χ3n) is 2.82. The van der Waals surface area contributed by atoms with Gasteiger partial charge < -0.3 is 0 Å². The fraction of sp³-hybridized carbons (Fsp3) is 0.0909. The summed E-state index contributed by atoms with van der Waals surface area (Å²) >= 11 is 1.78. The summed E-state index contributed by atoms with van der Waals surface area (Å²) in [5.41, 5.74) is 2.78. The predicted octanol–water partition coefficient (Wildman–Crippen LogP) is 2.10. The van der Waals surface area contributed by atoms with E-state index in [-0.39, 0.29) is 0 Å². The van der Waals surface area contributed by atoms with E-state index in [1.165, 1.54) is 26.0 Å². The maximum atomic E-state index is 4.42. The van der Waals surface area contributed by atoms with Crippen LogP contribution in [0, 0.1) is 0 Å². The van der Waals surface area contributed by atoms with Gasteiger partial charge in [-0.15, -0.1) is 11.3 Å². The van der Waals surface area contributed by atoms with Crippen LogP contribution in [-0.4, -0.2) is 4.98 Å². The Labute approximate surface area is 84.4 Å². The largest absolute Gasteiger partial charge is 0.245 e. The van der Waals surface area contributed by atoms with E-state index in [0.717, 1.165) is 6.54 Å². The zero-order valence-corrected chi connectivity index (χ0v) is 8.21. The highest BCUT2D eigenvalue weighted by Crippen LogP contribution is 2.35. The summed E-state index contributed by atoms with van der Waals surface area (Å²) in [7, 11) is 0. The summed E-state index contributed by atoms with van der Waals surface area (Å²) in [5.74, 6) is 0. The van der Waals surface area contributed by atoms with E-state index in [9.17, 15) is 0 Å². The van der Waals surface area contributed by atoms with Gasteiger partial charge >= 0.3 is 0 Å². The minimum Gasteiger partial charge on any atom is -0.245 e. The molecule has 4 heterocycles. The summed E-state index contributed by atoms with van der Waals surface area (Å²) in [6.07, 6.45) is 4.06. The molecule has 3 aromatic heterocycles. The maximum Gasteiger partial charge on any atom is 0.233 e. The Bertz CT molecular complexity index is 613. The van der Waals surface area contributed by atoms with Gasteiger partial charge in [0.05, 0.1) is 5.39 Å². The lowest BCUT2D eigenvalue weighted by molar-refractivity contribution is -0.657. The molecule has 0 aliphatic carbocycles. The third-order valence-corrected chi connectivity index (χ3v) is 3.87. The lowest BCUT2D eigenvalue weighted by Crippen LogP contribution is -2.30. The Hall–Kier alpha value is -1.48. The zero-order chi connectivity index (χ0) is 9.12. The van der Waals surface area contributed by atoms with Gasteiger partial charge in [0.25, 0.3) is 0 Å². The van der Waals surface area contributed by atoms with Gasteiger partial charge in [-0.1, -0.05) is 0 Å². The first-order valence-electron chi connectivity index (χ1n) is 4.62. The van der Waals surface area contributed by atoms with Crippen LogP contribution < -0.4 is 4.57 Å². The monoisotopic (exact) mass is 199 g/mol. The molecule has 0 radical (unpaired) electrons. The highest BCUT2D eigenvalue weighted by atomic mass is 32.1. The molecule has 0 bridgehead atoms. The van der Waals surface area contributed by atoms with Gasteiger partial charge in [-0.05, 0) is 12.1 Å². The standard InChI is InChI=1S/C11H7N2S/c1-2-8-10-9-7(6-13(10)5-1)3-4-12-11(9)14-8/h1-5H,6H2/q+1. The normalized spacial score (nSPS) is 13.4. The molecule has 66 valence electrons. The second-order valence-corrected chi connectivity index (χ2v) is 4.63. The molecule has 0 fully saturated rings. The number of hydrogen-bond donors (Lipinski definition) is 0. The average Bonchev–Trinajstić information content (AvgIpc) is 2.74. The van der Waals surface area contributed by atoms with Crippen LogP contribution in [-0.2, 0) is 6.54 Å². The summed E-state index contributed by atoms with van der Waals surface area (Å²) in [5, 5.41) is 1.37. The van der Waals surface area contributed by atoms with Crippen LogP contribution in [0.5, 0.6) is 0 Å².